The summed E-state index contributed by atoms with van der Waals surface area (Å²) < 4.78 is 5.67. The van der Waals surface area contributed by atoms with Crippen LogP contribution in [0.4, 0.5) is 0 Å². The van der Waals surface area contributed by atoms with Crippen LogP contribution in [0, 0.1) is 0 Å². The molecule has 1 heterocycles. The lowest BCUT2D eigenvalue weighted by Crippen LogP contribution is -2.53. The van der Waals surface area contributed by atoms with Crippen LogP contribution in [0.2, 0.25) is 0 Å². The fourth-order valence-electron chi connectivity index (χ4n) is 1.00. The number of rotatable bonds is 1. The second kappa shape index (κ2) is 3.99. The van der Waals surface area contributed by atoms with E-state index < -0.39 is 18.3 Å². The predicted octanol–water partition coefficient (Wildman–Crippen LogP) is -1.10. The molecule has 0 amide bonds. The molecule has 1 aliphatic heterocycles. The summed E-state index contributed by atoms with van der Waals surface area (Å²) >= 11 is 2.06. The van der Waals surface area contributed by atoms with Crippen LogP contribution in [0.25, 0.3) is 0 Å². The minimum absolute atomic E-state index is 0.103. The first-order valence-corrected chi connectivity index (χ1v) is 4.91. The summed E-state index contributed by atoms with van der Waals surface area (Å²) in [5.41, 5.74) is 0. The Morgan fingerprint density at radius 1 is 1.27 bits per heavy atom. The Morgan fingerprint density at radius 3 is 2.45 bits per heavy atom. The van der Waals surface area contributed by atoms with Crippen LogP contribution in [-0.4, -0.2) is 50.8 Å². The second-order valence-corrected chi connectivity index (χ2v) is 3.46. The van der Waals surface area contributed by atoms with Crippen molar-refractivity contribution in [3.63, 3.8) is 0 Å². The second-order valence-electron chi connectivity index (χ2n) is 2.57. The van der Waals surface area contributed by atoms with E-state index in [1.165, 1.54) is 0 Å². The molecule has 0 aromatic carbocycles. The number of halogens is 1. The molecule has 66 valence electrons. The molecule has 4 atom stereocenters. The van der Waals surface area contributed by atoms with Crippen molar-refractivity contribution in [2.45, 2.75) is 24.4 Å². The fourth-order valence-corrected chi connectivity index (χ4v) is 1.78. The van der Waals surface area contributed by atoms with E-state index in [0.29, 0.717) is 4.43 Å². The van der Waals surface area contributed by atoms with Gasteiger partial charge in [0.1, 0.15) is 18.3 Å². The smallest absolute Gasteiger partial charge is 0.111 e. The summed E-state index contributed by atoms with van der Waals surface area (Å²) in [6.07, 6.45) is -3.34. The molecule has 0 saturated carbocycles. The van der Waals surface area contributed by atoms with Crippen LogP contribution in [0.1, 0.15) is 0 Å². The van der Waals surface area contributed by atoms with Gasteiger partial charge in [0.05, 0.1) is 12.7 Å². The molecule has 0 aliphatic carbocycles. The van der Waals surface area contributed by atoms with Gasteiger partial charge in [-0.25, -0.2) is 0 Å². The Hall–Kier alpha value is 0.570. The molecule has 0 aromatic rings. The molecule has 0 bridgehead atoms. The van der Waals surface area contributed by atoms with Crippen LogP contribution in [-0.2, 0) is 4.74 Å². The van der Waals surface area contributed by atoms with E-state index >= 15 is 0 Å². The Balaban J connectivity index is 2.52. The molecule has 0 spiro atoms. The molecule has 1 rings (SSSR count). The molecular formula is C6H11IO4. The normalized spacial score (nSPS) is 45.8. The number of hydrogen-bond acceptors (Lipinski definition) is 4. The highest BCUT2D eigenvalue weighted by molar-refractivity contribution is 14.1. The third-order valence-electron chi connectivity index (χ3n) is 1.76. The first-order chi connectivity index (χ1) is 5.16. The molecule has 4 nitrogen and oxygen atoms in total. The van der Waals surface area contributed by atoms with Crippen LogP contribution < -0.4 is 0 Å². The number of aliphatic hydroxyl groups is 3. The standard InChI is InChI=1S/C6H11IO4/c7-1-4-6(10)5(9)3(8)2-11-4/h3-6,8-10H,1-2H2/t3?,4-,5?,6?/m0/s1. The highest BCUT2D eigenvalue weighted by Gasteiger charge is 2.36. The van der Waals surface area contributed by atoms with Gasteiger partial charge in [0.15, 0.2) is 0 Å². The van der Waals surface area contributed by atoms with Gasteiger partial charge < -0.3 is 20.1 Å². The number of alkyl halides is 1. The molecular weight excluding hydrogens is 263 g/mol. The molecule has 11 heavy (non-hydrogen) atoms. The summed E-state index contributed by atoms with van der Waals surface area (Å²) in [5, 5.41) is 27.5. The highest BCUT2D eigenvalue weighted by atomic mass is 127. The van der Waals surface area contributed by atoms with Crippen LogP contribution in [0.3, 0.4) is 0 Å². The Morgan fingerprint density at radius 2 is 1.91 bits per heavy atom. The lowest BCUT2D eigenvalue weighted by molar-refractivity contribution is -0.179. The first kappa shape index (κ1) is 9.66. The third-order valence-corrected chi connectivity index (χ3v) is 2.63. The van der Waals surface area contributed by atoms with Crippen molar-refractivity contribution < 1.29 is 20.1 Å². The number of aliphatic hydroxyl groups excluding tert-OH is 3. The topological polar surface area (TPSA) is 69.9 Å². The van der Waals surface area contributed by atoms with Gasteiger partial charge in [-0.2, -0.15) is 0 Å². The van der Waals surface area contributed by atoms with Crippen molar-refractivity contribution >= 4 is 22.6 Å². The maximum Gasteiger partial charge on any atom is 0.111 e. The number of hydrogen-bond donors (Lipinski definition) is 3. The lowest BCUT2D eigenvalue weighted by Gasteiger charge is -2.34. The zero-order chi connectivity index (χ0) is 8.43. The van der Waals surface area contributed by atoms with E-state index in [1.807, 2.05) is 0 Å². The van der Waals surface area contributed by atoms with E-state index in [9.17, 15) is 5.11 Å². The molecule has 1 saturated heterocycles. The molecule has 1 aliphatic rings. The van der Waals surface area contributed by atoms with Gasteiger partial charge in [0.2, 0.25) is 0 Å². The van der Waals surface area contributed by atoms with Gasteiger partial charge in [0.25, 0.3) is 0 Å². The Kier molecular flexibility index (Phi) is 3.51. The summed E-state index contributed by atoms with van der Waals surface area (Å²) in [4.78, 5) is 0. The van der Waals surface area contributed by atoms with Gasteiger partial charge in [-0.05, 0) is 0 Å². The Bertz CT molecular complexity index is 130. The molecule has 3 unspecified atom stereocenters. The molecule has 3 N–H and O–H groups in total. The zero-order valence-corrected chi connectivity index (χ0v) is 8.01. The van der Waals surface area contributed by atoms with Crippen molar-refractivity contribution in [2.75, 3.05) is 11.0 Å². The third kappa shape index (κ3) is 2.03. The monoisotopic (exact) mass is 274 g/mol. The van der Waals surface area contributed by atoms with E-state index in [-0.39, 0.29) is 12.7 Å². The lowest BCUT2D eigenvalue weighted by atomic mass is 10.0. The van der Waals surface area contributed by atoms with E-state index in [0.717, 1.165) is 0 Å². The van der Waals surface area contributed by atoms with Crippen molar-refractivity contribution in [3.05, 3.63) is 0 Å². The zero-order valence-electron chi connectivity index (χ0n) is 5.85. The predicted molar refractivity (Wildman–Crippen MR) is 46.6 cm³/mol. The minimum atomic E-state index is -1.07. The average molecular weight is 274 g/mol. The fraction of sp³-hybridized carbons (Fsp3) is 1.00. The van der Waals surface area contributed by atoms with Gasteiger partial charge in [-0.1, -0.05) is 22.6 Å². The van der Waals surface area contributed by atoms with Gasteiger partial charge >= 0.3 is 0 Å². The quantitative estimate of drug-likeness (QED) is 0.419. The van der Waals surface area contributed by atoms with Crippen molar-refractivity contribution in [2.24, 2.45) is 0 Å². The van der Waals surface area contributed by atoms with E-state index in [2.05, 4.69) is 22.6 Å². The maximum absolute atomic E-state index is 9.27. The van der Waals surface area contributed by atoms with Crippen molar-refractivity contribution in [1.82, 2.24) is 0 Å². The highest BCUT2D eigenvalue weighted by Crippen LogP contribution is 2.16. The Labute approximate surface area is 78.3 Å². The van der Waals surface area contributed by atoms with E-state index in [4.69, 9.17) is 14.9 Å². The largest absolute Gasteiger partial charge is 0.388 e. The maximum atomic E-state index is 9.27. The summed E-state index contributed by atoms with van der Waals surface area (Å²) in [6, 6.07) is 0. The van der Waals surface area contributed by atoms with Crippen molar-refractivity contribution in [3.8, 4) is 0 Å². The van der Waals surface area contributed by atoms with Crippen LogP contribution in [0.5, 0.6) is 0 Å². The summed E-state index contributed by atoms with van der Waals surface area (Å²) in [6.45, 7) is 0.103. The molecule has 1 fully saturated rings. The summed E-state index contributed by atoms with van der Waals surface area (Å²) in [7, 11) is 0. The van der Waals surface area contributed by atoms with Gasteiger partial charge in [0, 0.05) is 4.43 Å². The molecule has 0 radical (unpaired) electrons. The minimum Gasteiger partial charge on any atom is -0.388 e. The first-order valence-electron chi connectivity index (χ1n) is 3.38. The summed E-state index contributed by atoms with van der Waals surface area (Å²) in [5.74, 6) is 0. The average Bonchev–Trinajstić information content (AvgIpc) is 2.01. The van der Waals surface area contributed by atoms with Gasteiger partial charge in [-0.15, -0.1) is 0 Å². The van der Waals surface area contributed by atoms with Gasteiger partial charge in [-0.3, -0.25) is 0 Å². The number of ether oxygens (including phenoxy) is 1. The molecule has 5 heteroatoms. The van der Waals surface area contributed by atoms with Crippen molar-refractivity contribution in [1.29, 1.82) is 0 Å². The molecule has 0 aromatic heterocycles. The van der Waals surface area contributed by atoms with Crippen LogP contribution in [0.15, 0.2) is 0 Å². The van der Waals surface area contributed by atoms with Crippen LogP contribution >= 0.6 is 22.6 Å². The SMILES string of the molecule is OC1CO[C@@H](CI)C(O)C1O. The van der Waals surface area contributed by atoms with E-state index in [1.54, 1.807) is 0 Å².